The van der Waals surface area contributed by atoms with Gasteiger partial charge in [-0.15, -0.1) is 0 Å². The van der Waals surface area contributed by atoms with Crippen molar-refractivity contribution in [2.75, 3.05) is 19.6 Å². The van der Waals surface area contributed by atoms with Crippen molar-refractivity contribution in [1.82, 2.24) is 19.8 Å². The van der Waals surface area contributed by atoms with Crippen LogP contribution in [0.5, 0.6) is 0 Å². The highest BCUT2D eigenvalue weighted by molar-refractivity contribution is 7.89. The largest absolute Gasteiger partial charge is 0.356 e. The normalized spacial score (nSPS) is 21.1. The summed E-state index contributed by atoms with van der Waals surface area (Å²) in [6.45, 7) is 3.01. The third-order valence-electron chi connectivity index (χ3n) is 2.98. The van der Waals surface area contributed by atoms with Gasteiger partial charge in [-0.05, 0) is 13.3 Å². The number of carbonyl (C=O) groups is 1. The van der Waals surface area contributed by atoms with E-state index < -0.39 is 10.0 Å². The van der Waals surface area contributed by atoms with Crippen molar-refractivity contribution in [3.8, 4) is 0 Å². The minimum absolute atomic E-state index is 0.0811. The Bertz CT molecular complexity index is 511. The zero-order valence-corrected chi connectivity index (χ0v) is 10.9. The third kappa shape index (κ3) is 2.39. The maximum Gasteiger partial charge on any atom is 0.246 e. The molecule has 18 heavy (non-hydrogen) atoms. The molecule has 7 nitrogen and oxygen atoms in total. The Hall–Kier alpha value is -1.41. The number of nitrogens with one attached hydrogen (secondary N) is 2. The highest BCUT2D eigenvalue weighted by Gasteiger charge is 2.35. The van der Waals surface area contributed by atoms with E-state index in [4.69, 9.17) is 0 Å². The first kappa shape index (κ1) is 13.0. The molecule has 2 heterocycles. The molecule has 0 radical (unpaired) electrons. The van der Waals surface area contributed by atoms with E-state index in [0.29, 0.717) is 19.5 Å². The van der Waals surface area contributed by atoms with Crippen LogP contribution in [0.3, 0.4) is 0 Å². The minimum atomic E-state index is -3.52. The van der Waals surface area contributed by atoms with Crippen LogP contribution in [-0.4, -0.2) is 48.5 Å². The van der Waals surface area contributed by atoms with Gasteiger partial charge >= 0.3 is 0 Å². The Labute approximate surface area is 106 Å². The van der Waals surface area contributed by atoms with Gasteiger partial charge in [-0.3, -0.25) is 9.89 Å². The molecule has 1 aromatic rings. The van der Waals surface area contributed by atoms with Crippen molar-refractivity contribution in [1.29, 1.82) is 0 Å². The minimum Gasteiger partial charge on any atom is -0.356 e. The summed E-state index contributed by atoms with van der Waals surface area (Å²) in [7, 11) is -3.52. The second kappa shape index (κ2) is 5.07. The van der Waals surface area contributed by atoms with Gasteiger partial charge in [-0.2, -0.15) is 9.40 Å². The van der Waals surface area contributed by atoms with Gasteiger partial charge in [-0.1, -0.05) is 0 Å². The number of hydrogen-bond donors (Lipinski definition) is 2. The lowest BCUT2D eigenvalue weighted by molar-refractivity contribution is -0.124. The molecule has 1 aliphatic heterocycles. The predicted molar refractivity (Wildman–Crippen MR) is 64.1 cm³/mol. The highest BCUT2D eigenvalue weighted by Crippen LogP contribution is 2.23. The lowest BCUT2D eigenvalue weighted by Crippen LogP contribution is -2.34. The SMILES string of the molecule is CCNC(=O)C1CCN(S(=O)(=O)c2cn[nH]c2)C1. The molecule has 2 rings (SSSR count). The third-order valence-corrected chi connectivity index (χ3v) is 4.81. The van der Waals surface area contributed by atoms with Crippen LogP contribution in [0.25, 0.3) is 0 Å². The maximum absolute atomic E-state index is 12.2. The predicted octanol–water partition coefficient (Wildman–Crippen LogP) is -0.444. The second-order valence-corrected chi connectivity index (χ2v) is 6.12. The molecule has 0 aliphatic carbocycles. The summed E-state index contributed by atoms with van der Waals surface area (Å²) >= 11 is 0. The van der Waals surface area contributed by atoms with Crippen molar-refractivity contribution < 1.29 is 13.2 Å². The fourth-order valence-electron chi connectivity index (χ4n) is 2.01. The molecule has 1 saturated heterocycles. The maximum atomic E-state index is 12.2. The molecule has 8 heteroatoms. The number of aromatic amines is 1. The fourth-order valence-corrected chi connectivity index (χ4v) is 3.42. The quantitative estimate of drug-likeness (QED) is 0.776. The monoisotopic (exact) mass is 272 g/mol. The van der Waals surface area contributed by atoms with Gasteiger partial charge in [0.05, 0.1) is 12.1 Å². The molecule has 100 valence electrons. The molecule has 1 aromatic heterocycles. The van der Waals surface area contributed by atoms with Crippen LogP contribution in [-0.2, 0) is 14.8 Å². The summed E-state index contributed by atoms with van der Waals surface area (Å²) in [5.74, 6) is -0.339. The van der Waals surface area contributed by atoms with Crippen molar-refractivity contribution >= 4 is 15.9 Å². The van der Waals surface area contributed by atoms with Gasteiger partial charge in [0.25, 0.3) is 0 Å². The van der Waals surface area contributed by atoms with Crippen LogP contribution in [0.2, 0.25) is 0 Å². The average Bonchev–Trinajstić information content (AvgIpc) is 3.01. The number of H-pyrrole nitrogens is 1. The zero-order chi connectivity index (χ0) is 13.2. The molecule has 0 saturated carbocycles. The first-order chi connectivity index (χ1) is 8.55. The number of amides is 1. The van der Waals surface area contributed by atoms with Crippen LogP contribution < -0.4 is 5.32 Å². The van der Waals surface area contributed by atoms with Gasteiger partial charge < -0.3 is 5.32 Å². The first-order valence-corrected chi connectivity index (χ1v) is 7.26. The van der Waals surface area contributed by atoms with Gasteiger partial charge in [0.15, 0.2) is 0 Å². The number of hydrogen-bond acceptors (Lipinski definition) is 4. The van der Waals surface area contributed by atoms with Crippen LogP contribution in [0.1, 0.15) is 13.3 Å². The Morgan fingerprint density at radius 3 is 3.06 bits per heavy atom. The van der Waals surface area contributed by atoms with E-state index >= 15 is 0 Å². The summed E-state index contributed by atoms with van der Waals surface area (Å²) in [4.78, 5) is 11.8. The zero-order valence-electron chi connectivity index (χ0n) is 10.1. The summed E-state index contributed by atoms with van der Waals surface area (Å²) < 4.78 is 25.6. The number of nitrogens with zero attached hydrogens (tertiary/aromatic N) is 2. The number of carbonyl (C=O) groups excluding carboxylic acids is 1. The van der Waals surface area contributed by atoms with Crippen LogP contribution in [0.15, 0.2) is 17.3 Å². The lowest BCUT2D eigenvalue weighted by Gasteiger charge is -2.15. The topological polar surface area (TPSA) is 95.2 Å². The van der Waals surface area contributed by atoms with Crippen molar-refractivity contribution in [2.45, 2.75) is 18.2 Å². The Morgan fingerprint density at radius 2 is 2.44 bits per heavy atom. The van der Waals surface area contributed by atoms with Gasteiger partial charge in [-0.25, -0.2) is 8.42 Å². The molecule has 1 fully saturated rings. The highest BCUT2D eigenvalue weighted by atomic mass is 32.2. The molecule has 0 spiro atoms. The molecule has 1 aliphatic rings. The van der Waals surface area contributed by atoms with Crippen molar-refractivity contribution in [3.63, 3.8) is 0 Å². The summed E-state index contributed by atoms with van der Waals surface area (Å²) in [6, 6.07) is 0. The van der Waals surface area contributed by atoms with E-state index in [9.17, 15) is 13.2 Å². The Kier molecular flexibility index (Phi) is 3.67. The van der Waals surface area contributed by atoms with E-state index in [0.717, 1.165) is 0 Å². The summed E-state index contributed by atoms with van der Waals surface area (Å²) in [6.07, 6.45) is 3.17. The number of rotatable bonds is 4. The van der Waals surface area contributed by atoms with Crippen molar-refractivity contribution in [2.24, 2.45) is 5.92 Å². The van der Waals surface area contributed by atoms with E-state index in [-0.39, 0.29) is 23.3 Å². The van der Waals surface area contributed by atoms with Gasteiger partial charge in [0.2, 0.25) is 15.9 Å². The molecule has 2 N–H and O–H groups in total. The molecule has 1 atom stereocenters. The van der Waals surface area contributed by atoms with Gasteiger partial charge in [0, 0.05) is 25.8 Å². The van der Waals surface area contributed by atoms with Crippen LogP contribution in [0, 0.1) is 5.92 Å². The number of aromatic nitrogens is 2. The molecular weight excluding hydrogens is 256 g/mol. The second-order valence-electron chi connectivity index (χ2n) is 4.18. The fraction of sp³-hybridized carbons (Fsp3) is 0.600. The van der Waals surface area contributed by atoms with E-state index in [1.165, 1.54) is 16.7 Å². The summed E-state index contributed by atoms with van der Waals surface area (Å²) in [5, 5.41) is 8.83. The molecule has 0 aromatic carbocycles. The number of sulfonamides is 1. The smallest absolute Gasteiger partial charge is 0.246 e. The van der Waals surface area contributed by atoms with E-state index in [1.54, 1.807) is 0 Å². The molecule has 1 unspecified atom stereocenters. The molecule has 1 amide bonds. The van der Waals surface area contributed by atoms with E-state index in [2.05, 4.69) is 15.5 Å². The van der Waals surface area contributed by atoms with E-state index in [1.807, 2.05) is 6.92 Å². The van der Waals surface area contributed by atoms with Gasteiger partial charge in [0.1, 0.15) is 4.90 Å². The molecule has 0 bridgehead atoms. The standard InChI is InChI=1S/C10H16N4O3S/c1-2-11-10(15)8-3-4-14(7-8)18(16,17)9-5-12-13-6-9/h5-6,8H,2-4,7H2,1H3,(H,11,15)(H,12,13). The van der Waals surface area contributed by atoms with Crippen molar-refractivity contribution in [3.05, 3.63) is 12.4 Å². The Balaban J connectivity index is 2.07. The first-order valence-electron chi connectivity index (χ1n) is 5.82. The average molecular weight is 272 g/mol. The summed E-state index contributed by atoms with van der Waals surface area (Å²) in [5.41, 5.74) is 0. The Morgan fingerprint density at radius 1 is 1.67 bits per heavy atom. The lowest BCUT2D eigenvalue weighted by atomic mass is 10.1. The molecular formula is C10H16N4O3S. The van der Waals surface area contributed by atoms with Crippen LogP contribution >= 0.6 is 0 Å². The van der Waals surface area contributed by atoms with Crippen LogP contribution in [0.4, 0.5) is 0 Å².